The smallest absolute Gasteiger partial charge is 0.350 e. The number of nitrogens with one attached hydrogen (secondary N) is 2. The van der Waals surface area contributed by atoms with Gasteiger partial charge in [0.25, 0.3) is 17.7 Å². The number of β-lactam (4-membered cyclic amide) rings is 1. The summed E-state index contributed by atoms with van der Waals surface area (Å²) >= 11 is 2.27. The number of phenolic OH excluding ortho intramolecular Hbond substituents is 2. The fourth-order valence-electron chi connectivity index (χ4n) is 7.22. The lowest BCUT2D eigenvalue weighted by Gasteiger charge is -2.53. The number of carboxylic acid groups (broad SMARTS) is 2. The van der Waals surface area contributed by atoms with Gasteiger partial charge >= 0.3 is 5.97 Å². The minimum Gasteiger partial charge on any atom is -0.543 e. The molecule has 7 N–H and O–H groups in total. The number of aryl methyl sites for hydroxylation is 1. The Bertz CT molecular complexity index is 2300. The van der Waals surface area contributed by atoms with Crippen LogP contribution in [-0.2, 0) is 30.6 Å². The van der Waals surface area contributed by atoms with Gasteiger partial charge in [0.2, 0.25) is 11.0 Å². The standard InChI is InChI=1S/C36H42N8O11S2/c1-5-42-14-19(28(47)18-12-23(45)24(46)13-22(18)42)29(48)38-8-11-44(9-6-7-10-44)15-20-17(2)57-32-26(31(50)43(32)27(20)33(51)52)40-30(49)25(21-16-56-35(37)39-21)41-55-36(3,4)34(53)54/h12-14,16-17,26,32H,5-11,15H2,1-4H3,(H7-,37,38,39,40,41,45,46,47,48,49,51,52,53,54)/t17-,26+,32+/m0/s1. The van der Waals surface area contributed by atoms with Crippen LogP contribution in [0.25, 0.3) is 10.9 Å². The number of nitrogens with zero attached hydrogens (tertiary/aromatic N) is 5. The number of benzene rings is 1. The largest absolute Gasteiger partial charge is 0.543 e. The number of likely N-dealkylation sites (tertiary alicyclic amines) is 1. The third-order valence-corrected chi connectivity index (χ3v) is 12.5. The van der Waals surface area contributed by atoms with Crippen molar-refractivity contribution in [1.82, 2.24) is 25.1 Å². The first-order valence-corrected chi connectivity index (χ1v) is 19.9. The normalized spacial score (nSPS) is 20.6. The van der Waals surface area contributed by atoms with Crippen molar-refractivity contribution in [3.8, 4) is 11.5 Å². The molecule has 0 saturated carbocycles. The Morgan fingerprint density at radius 2 is 1.84 bits per heavy atom. The van der Waals surface area contributed by atoms with Crippen LogP contribution in [0.4, 0.5) is 5.13 Å². The van der Waals surface area contributed by atoms with E-state index in [1.54, 1.807) is 18.4 Å². The second kappa shape index (κ2) is 15.7. The third-order valence-electron chi connectivity index (χ3n) is 10.4. The number of anilines is 1. The lowest BCUT2D eigenvalue weighted by atomic mass is 9.99. The molecule has 0 bridgehead atoms. The summed E-state index contributed by atoms with van der Waals surface area (Å²) in [7, 11) is 0. The molecular weight excluding hydrogens is 785 g/mol. The first-order valence-electron chi connectivity index (χ1n) is 18.0. The highest BCUT2D eigenvalue weighted by Crippen LogP contribution is 2.45. The van der Waals surface area contributed by atoms with Crippen LogP contribution in [0.3, 0.4) is 0 Å². The van der Waals surface area contributed by atoms with Gasteiger partial charge in [0.1, 0.15) is 29.2 Å². The second-order valence-corrected chi connectivity index (χ2v) is 16.9. The summed E-state index contributed by atoms with van der Waals surface area (Å²) in [4.78, 5) is 88.5. The fraction of sp³-hybridized carbons (Fsp3) is 0.444. The van der Waals surface area contributed by atoms with Crippen LogP contribution in [0.15, 0.2) is 44.9 Å². The van der Waals surface area contributed by atoms with E-state index in [-0.39, 0.29) is 40.6 Å². The number of pyridine rings is 1. The van der Waals surface area contributed by atoms with Crippen molar-refractivity contribution < 1.29 is 53.7 Å². The molecule has 2 saturated heterocycles. The minimum atomic E-state index is -1.82. The van der Waals surface area contributed by atoms with E-state index in [1.165, 1.54) is 43.3 Å². The zero-order valence-electron chi connectivity index (χ0n) is 31.4. The van der Waals surface area contributed by atoms with Gasteiger partial charge in [0.15, 0.2) is 22.3 Å². The summed E-state index contributed by atoms with van der Waals surface area (Å²) in [5.41, 5.74) is 3.27. The number of aliphatic carboxylic acids is 2. The number of aromatic hydroxyl groups is 2. The molecular formula is C36H42N8O11S2. The molecule has 2 aromatic heterocycles. The molecule has 1 aromatic carbocycles. The first kappa shape index (κ1) is 41.0. The van der Waals surface area contributed by atoms with Crippen LogP contribution >= 0.6 is 23.1 Å². The molecule has 0 aliphatic carbocycles. The van der Waals surface area contributed by atoms with E-state index in [0.717, 1.165) is 35.1 Å². The van der Waals surface area contributed by atoms with Gasteiger partial charge < -0.3 is 55.5 Å². The van der Waals surface area contributed by atoms with E-state index in [1.807, 2.05) is 0 Å². The minimum absolute atomic E-state index is 0.0188. The van der Waals surface area contributed by atoms with Crippen LogP contribution in [-0.4, -0.2) is 125 Å². The molecule has 57 heavy (non-hydrogen) atoms. The van der Waals surface area contributed by atoms with Crippen LogP contribution in [0.2, 0.25) is 0 Å². The van der Waals surface area contributed by atoms with E-state index in [2.05, 4.69) is 20.8 Å². The van der Waals surface area contributed by atoms with Gasteiger partial charge in [-0.15, -0.1) is 23.1 Å². The predicted molar refractivity (Wildman–Crippen MR) is 206 cm³/mol. The van der Waals surface area contributed by atoms with Crippen molar-refractivity contribution in [3.05, 3.63) is 56.5 Å². The van der Waals surface area contributed by atoms with Gasteiger partial charge in [0, 0.05) is 47.9 Å². The molecule has 3 atom stereocenters. The molecule has 2 fully saturated rings. The Labute approximate surface area is 333 Å². The number of quaternary nitrogens is 1. The van der Waals surface area contributed by atoms with E-state index in [4.69, 9.17) is 10.6 Å². The summed E-state index contributed by atoms with van der Waals surface area (Å²) in [6.45, 7) is 8.53. The summed E-state index contributed by atoms with van der Waals surface area (Å²) < 4.78 is 2.02. The lowest BCUT2D eigenvalue weighted by molar-refractivity contribution is -0.911. The number of amides is 3. The Hall–Kier alpha value is -5.67. The highest BCUT2D eigenvalue weighted by Gasteiger charge is 2.55. The van der Waals surface area contributed by atoms with Crippen LogP contribution in [0.1, 0.15) is 56.6 Å². The van der Waals surface area contributed by atoms with Crippen LogP contribution in [0, 0.1) is 0 Å². The number of carboxylic acids is 2. The number of carbonyl (C=O) groups is 5. The first-order chi connectivity index (χ1) is 26.9. The summed E-state index contributed by atoms with van der Waals surface area (Å²) in [5, 5.41) is 51.7. The maximum absolute atomic E-state index is 13.6. The third kappa shape index (κ3) is 7.86. The predicted octanol–water partition coefficient (Wildman–Crippen LogP) is -0.112. The molecule has 6 rings (SSSR count). The number of rotatable bonds is 14. The highest BCUT2D eigenvalue weighted by molar-refractivity contribution is 8.00. The molecule has 304 valence electrons. The van der Waals surface area contributed by atoms with Gasteiger partial charge in [-0.3, -0.25) is 24.1 Å². The Morgan fingerprint density at radius 3 is 2.46 bits per heavy atom. The monoisotopic (exact) mass is 826 g/mol. The molecule has 5 heterocycles. The number of carbonyl (C=O) groups excluding carboxylic acids is 4. The quantitative estimate of drug-likeness (QED) is 0.0407. The number of phenols is 2. The second-order valence-electron chi connectivity index (χ2n) is 14.6. The van der Waals surface area contributed by atoms with Gasteiger partial charge in [-0.05, 0) is 33.8 Å². The van der Waals surface area contributed by atoms with E-state index >= 15 is 0 Å². The molecule has 3 aliphatic heterocycles. The molecule has 0 spiro atoms. The number of nitrogens with two attached hydrogens (primary N) is 1. The number of oxime groups is 1. The van der Waals surface area contributed by atoms with E-state index in [0.29, 0.717) is 41.8 Å². The van der Waals surface area contributed by atoms with Gasteiger partial charge in [-0.1, -0.05) is 5.16 Å². The average molecular weight is 827 g/mol. The Morgan fingerprint density at radius 1 is 1.16 bits per heavy atom. The summed E-state index contributed by atoms with van der Waals surface area (Å²) in [6, 6.07) is 1.21. The molecule has 3 amide bonds. The molecule has 21 heteroatoms. The molecule has 3 aliphatic rings. The van der Waals surface area contributed by atoms with Crippen LogP contribution < -0.4 is 26.9 Å². The van der Waals surface area contributed by atoms with E-state index in [9.17, 15) is 49.2 Å². The van der Waals surface area contributed by atoms with Gasteiger partial charge in [-0.25, -0.2) is 9.78 Å². The summed E-state index contributed by atoms with van der Waals surface area (Å²) in [6.07, 6.45) is 3.08. The molecule has 3 aromatic rings. The number of hydrogen-bond donors (Lipinski definition) is 6. The van der Waals surface area contributed by atoms with Crippen LogP contribution in [0.5, 0.6) is 11.5 Å². The maximum atomic E-state index is 13.6. The summed E-state index contributed by atoms with van der Waals surface area (Å²) in [5.74, 6) is -6.04. The number of thiazole rings is 1. The number of thioether (sulfide) groups is 1. The van der Waals surface area contributed by atoms with Crippen molar-refractivity contribution in [2.24, 2.45) is 5.16 Å². The zero-order valence-corrected chi connectivity index (χ0v) is 33.1. The lowest BCUT2D eigenvalue weighted by Crippen LogP contribution is -2.72. The van der Waals surface area contributed by atoms with Crippen molar-refractivity contribution in [2.75, 3.05) is 38.5 Å². The number of hydrogen-bond acceptors (Lipinski definition) is 15. The SMILES string of the molecule is CCn1cc(C(=O)NCC[N+]2(CC3=C(C(=O)[O-])N4C(=O)[C@@H](NC(=O)/C(=N\OC(C)(C)C(=O)O)c5csc(N)n5)[C@H]4S[C@H]3C)CCCC2)c(=O)c2cc(O)c(O)cc21. The van der Waals surface area contributed by atoms with Gasteiger partial charge in [0.05, 0.1) is 48.7 Å². The molecule has 0 radical (unpaired) electrons. The highest BCUT2D eigenvalue weighted by atomic mass is 32.2. The topological polar surface area (TPSA) is 279 Å². The van der Waals surface area contributed by atoms with Gasteiger partial charge in [-0.2, -0.15) is 0 Å². The molecule has 19 nitrogen and oxygen atoms in total. The van der Waals surface area contributed by atoms with Crippen molar-refractivity contribution >= 4 is 74.5 Å². The molecule has 0 unspecified atom stereocenters. The number of fused-ring (bicyclic) bond motifs is 2. The zero-order chi connectivity index (χ0) is 41.6. The van der Waals surface area contributed by atoms with Crippen molar-refractivity contribution in [2.45, 2.75) is 69.3 Å². The maximum Gasteiger partial charge on any atom is 0.350 e. The van der Waals surface area contributed by atoms with Crippen molar-refractivity contribution in [1.29, 1.82) is 0 Å². The van der Waals surface area contributed by atoms with Crippen molar-refractivity contribution in [3.63, 3.8) is 0 Å². The average Bonchev–Trinajstić information content (AvgIpc) is 3.81. The van der Waals surface area contributed by atoms with E-state index < -0.39 is 74.6 Å². The Kier molecular flexibility index (Phi) is 11.3. The number of aromatic nitrogens is 2. The fourth-order valence-corrected chi connectivity index (χ4v) is 9.21. The number of nitrogen functional groups attached to an aromatic ring is 1. The Balaban J connectivity index is 1.19.